The number of esters is 1. The molecule has 0 aliphatic rings. The molecule has 0 aromatic heterocycles. The number of methoxy groups -OCH3 is 1. The summed E-state index contributed by atoms with van der Waals surface area (Å²) in [6, 6.07) is 7.50. The molecule has 0 spiro atoms. The summed E-state index contributed by atoms with van der Waals surface area (Å²) in [6.45, 7) is -0.676. The molecule has 0 fully saturated rings. The lowest BCUT2D eigenvalue weighted by molar-refractivity contribution is -0.143. The standard InChI is InChI=1S/C12H15NO5S/c1-18-12(15)11(9-14)13-19(16,17)8-7-10-5-3-2-4-6-10/h2-8,11,13-14H,9H2,1H3/b8-7+/t11-/m0/s1. The van der Waals surface area contributed by atoms with Crippen molar-refractivity contribution in [3.63, 3.8) is 0 Å². The molecule has 19 heavy (non-hydrogen) atoms. The highest BCUT2D eigenvalue weighted by atomic mass is 32.2. The van der Waals surface area contributed by atoms with Gasteiger partial charge in [-0.25, -0.2) is 8.42 Å². The van der Waals surface area contributed by atoms with Crippen LogP contribution in [0.3, 0.4) is 0 Å². The van der Waals surface area contributed by atoms with Crippen molar-refractivity contribution in [1.29, 1.82) is 0 Å². The maximum Gasteiger partial charge on any atom is 0.326 e. The van der Waals surface area contributed by atoms with E-state index in [1.807, 2.05) is 10.8 Å². The summed E-state index contributed by atoms with van der Waals surface area (Å²) in [5.41, 5.74) is 0.700. The van der Waals surface area contributed by atoms with Crippen LogP contribution in [0.4, 0.5) is 0 Å². The number of carbonyl (C=O) groups is 1. The van der Waals surface area contributed by atoms with Gasteiger partial charge in [0.05, 0.1) is 13.7 Å². The molecule has 0 radical (unpaired) electrons. The van der Waals surface area contributed by atoms with Gasteiger partial charge in [-0.1, -0.05) is 30.3 Å². The van der Waals surface area contributed by atoms with Crippen LogP contribution in [0, 0.1) is 0 Å². The van der Waals surface area contributed by atoms with Crippen molar-refractivity contribution in [3.05, 3.63) is 41.3 Å². The average Bonchev–Trinajstić information content (AvgIpc) is 2.43. The lowest BCUT2D eigenvalue weighted by Crippen LogP contribution is -2.43. The van der Waals surface area contributed by atoms with Gasteiger partial charge in [-0.3, -0.25) is 4.79 Å². The molecular formula is C12H15NO5S. The fourth-order valence-electron chi connectivity index (χ4n) is 1.27. The van der Waals surface area contributed by atoms with Crippen molar-refractivity contribution in [2.45, 2.75) is 6.04 Å². The molecule has 6 nitrogen and oxygen atoms in total. The third-order valence-electron chi connectivity index (χ3n) is 2.21. The van der Waals surface area contributed by atoms with Crippen molar-refractivity contribution in [2.24, 2.45) is 0 Å². The van der Waals surface area contributed by atoms with Crippen LogP contribution in [-0.2, 0) is 19.6 Å². The van der Waals surface area contributed by atoms with Crippen molar-refractivity contribution >= 4 is 22.1 Å². The van der Waals surface area contributed by atoms with Gasteiger partial charge in [0, 0.05) is 5.41 Å². The van der Waals surface area contributed by atoms with Crippen molar-refractivity contribution in [2.75, 3.05) is 13.7 Å². The highest BCUT2D eigenvalue weighted by molar-refractivity contribution is 7.92. The Kier molecular flexibility index (Phi) is 5.68. The molecule has 1 atom stereocenters. The normalized spacial score (nSPS) is 13.4. The number of aliphatic hydroxyl groups is 1. The van der Waals surface area contributed by atoms with E-state index in [1.165, 1.54) is 6.08 Å². The largest absolute Gasteiger partial charge is 0.468 e. The molecule has 0 bridgehead atoms. The van der Waals surface area contributed by atoms with Gasteiger partial charge in [0.25, 0.3) is 0 Å². The van der Waals surface area contributed by atoms with Crippen molar-refractivity contribution in [3.8, 4) is 0 Å². The summed E-state index contributed by atoms with van der Waals surface area (Å²) in [7, 11) is -2.73. The molecule has 7 heteroatoms. The predicted molar refractivity (Wildman–Crippen MR) is 70.4 cm³/mol. The van der Waals surface area contributed by atoms with E-state index >= 15 is 0 Å². The zero-order valence-corrected chi connectivity index (χ0v) is 11.1. The third-order valence-corrected chi connectivity index (χ3v) is 3.32. The topological polar surface area (TPSA) is 92.7 Å². The number of sulfonamides is 1. The van der Waals surface area contributed by atoms with Gasteiger partial charge >= 0.3 is 5.97 Å². The van der Waals surface area contributed by atoms with Crippen LogP contribution in [0.25, 0.3) is 6.08 Å². The molecule has 1 rings (SSSR count). The quantitative estimate of drug-likeness (QED) is 0.724. The molecule has 0 unspecified atom stereocenters. The molecular weight excluding hydrogens is 270 g/mol. The van der Waals surface area contributed by atoms with Crippen LogP contribution >= 0.6 is 0 Å². The fraction of sp³-hybridized carbons (Fsp3) is 0.250. The van der Waals surface area contributed by atoms with Crippen molar-refractivity contribution < 1.29 is 23.1 Å². The SMILES string of the molecule is COC(=O)[C@H](CO)NS(=O)(=O)/C=C/c1ccccc1. The Bertz CT molecular complexity index is 538. The van der Waals surface area contributed by atoms with Crippen LogP contribution in [-0.4, -0.2) is 39.3 Å². The monoisotopic (exact) mass is 285 g/mol. The van der Waals surface area contributed by atoms with Crippen LogP contribution in [0.15, 0.2) is 35.7 Å². The first-order chi connectivity index (χ1) is 8.98. The molecule has 0 saturated carbocycles. The Labute approximate surface area is 111 Å². The molecule has 0 heterocycles. The molecule has 104 valence electrons. The maximum atomic E-state index is 11.7. The molecule has 0 amide bonds. The summed E-state index contributed by atoms with van der Waals surface area (Å²) < 4.78 is 29.7. The lowest BCUT2D eigenvalue weighted by atomic mass is 10.2. The Morgan fingerprint density at radius 3 is 2.58 bits per heavy atom. The molecule has 0 saturated heterocycles. The number of hydrogen-bond donors (Lipinski definition) is 2. The molecule has 1 aromatic rings. The van der Waals surface area contributed by atoms with Crippen LogP contribution in [0.5, 0.6) is 0 Å². The van der Waals surface area contributed by atoms with Gasteiger partial charge < -0.3 is 9.84 Å². The van der Waals surface area contributed by atoms with E-state index in [0.717, 1.165) is 12.5 Å². The first-order valence-electron chi connectivity index (χ1n) is 5.42. The van der Waals surface area contributed by atoms with Gasteiger partial charge in [0.2, 0.25) is 10.0 Å². The number of ether oxygens (including phenoxy) is 1. The van der Waals surface area contributed by atoms with Gasteiger partial charge in [-0.2, -0.15) is 4.72 Å². The second-order valence-electron chi connectivity index (χ2n) is 3.63. The fourth-order valence-corrected chi connectivity index (χ4v) is 2.25. The lowest BCUT2D eigenvalue weighted by Gasteiger charge is -2.11. The van der Waals surface area contributed by atoms with E-state index < -0.39 is 28.6 Å². The molecule has 0 aliphatic heterocycles. The Morgan fingerprint density at radius 1 is 1.42 bits per heavy atom. The Balaban J connectivity index is 2.76. The Morgan fingerprint density at radius 2 is 2.05 bits per heavy atom. The smallest absolute Gasteiger partial charge is 0.326 e. The summed E-state index contributed by atoms with van der Waals surface area (Å²) in [5, 5.41) is 9.85. The Hall–Kier alpha value is -1.70. The molecule has 2 N–H and O–H groups in total. The number of benzene rings is 1. The number of aliphatic hydroxyl groups excluding tert-OH is 1. The second kappa shape index (κ2) is 7.03. The zero-order valence-electron chi connectivity index (χ0n) is 10.3. The summed E-state index contributed by atoms with van der Waals surface area (Å²) in [4.78, 5) is 11.2. The van der Waals surface area contributed by atoms with E-state index in [-0.39, 0.29) is 0 Å². The number of nitrogens with one attached hydrogen (secondary N) is 1. The summed E-state index contributed by atoms with van der Waals surface area (Å²) in [6.07, 6.45) is 1.38. The highest BCUT2D eigenvalue weighted by Crippen LogP contribution is 2.03. The number of carbonyl (C=O) groups excluding carboxylic acids is 1. The van der Waals surface area contributed by atoms with E-state index in [1.54, 1.807) is 24.3 Å². The highest BCUT2D eigenvalue weighted by Gasteiger charge is 2.22. The van der Waals surface area contributed by atoms with Gasteiger partial charge in [0.15, 0.2) is 0 Å². The van der Waals surface area contributed by atoms with Crippen LogP contribution in [0.1, 0.15) is 5.56 Å². The summed E-state index contributed by atoms with van der Waals surface area (Å²) in [5.74, 6) is -0.848. The van der Waals surface area contributed by atoms with E-state index in [4.69, 9.17) is 5.11 Å². The van der Waals surface area contributed by atoms with Crippen LogP contribution in [0.2, 0.25) is 0 Å². The van der Waals surface area contributed by atoms with Gasteiger partial charge in [-0.05, 0) is 11.6 Å². The third kappa shape index (κ3) is 5.21. The minimum Gasteiger partial charge on any atom is -0.468 e. The zero-order chi connectivity index (χ0) is 14.3. The first kappa shape index (κ1) is 15.4. The molecule has 0 aliphatic carbocycles. The average molecular weight is 285 g/mol. The predicted octanol–water partition coefficient (Wildman–Crippen LogP) is 0.111. The minimum atomic E-state index is -3.84. The number of rotatable bonds is 6. The minimum absolute atomic E-state index is 0.676. The maximum absolute atomic E-state index is 11.7. The van der Waals surface area contributed by atoms with E-state index in [2.05, 4.69) is 4.74 Å². The second-order valence-corrected chi connectivity index (χ2v) is 5.23. The first-order valence-corrected chi connectivity index (χ1v) is 6.97. The van der Waals surface area contributed by atoms with E-state index in [0.29, 0.717) is 5.56 Å². The van der Waals surface area contributed by atoms with Crippen molar-refractivity contribution in [1.82, 2.24) is 4.72 Å². The van der Waals surface area contributed by atoms with Gasteiger partial charge in [-0.15, -0.1) is 0 Å². The number of hydrogen-bond acceptors (Lipinski definition) is 5. The van der Waals surface area contributed by atoms with E-state index in [9.17, 15) is 13.2 Å². The molecule has 1 aromatic carbocycles. The van der Waals surface area contributed by atoms with Crippen LogP contribution < -0.4 is 4.72 Å². The summed E-state index contributed by atoms with van der Waals surface area (Å²) >= 11 is 0. The van der Waals surface area contributed by atoms with Gasteiger partial charge in [0.1, 0.15) is 6.04 Å².